The molecule has 0 aliphatic heterocycles. The van der Waals surface area contributed by atoms with Crippen LogP contribution in [0.25, 0.3) is 32.9 Å². The molecular weight excluding hydrogens is 270 g/mol. The van der Waals surface area contributed by atoms with E-state index < -0.39 is 0 Å². The summed E-state index contributed by atoms with van der Waals surface area (Å²) in [7, 11) is 0. The van der Waals surface area contributed by atoms with Crippen molar-refractivity contribution in [1.29, 1.82) is 0 Å². The zero-order chi connectivity index (χ0) is 14.7. The van der Waals surface area contributed by atoms with Crippen LogP contribution in [0.3, 0.4) is 0 Å². The number of benzene rings is 1. The van der Waals surface area contributed by atoms with Gasteiger partial charge in [0.15, 0.2) is 0 Å². The van der Waals surface area contributed by atoms with Gasteiger partial charge in [-0.05, 0) is 28.6 Å². The van der Waals surface area contributed by atoms with Gasteiger partial charge in [-0.15, -0.1) is 0 Å². The topological polar surface area (TPSA) is 38.7 Å². The summed E-state index contributed by atoms with van der Waals surface area (Å²) in [6.07, 6.45) is 7.55. The molecule has 5 rings (SSSR count). The standard InChI is InChI=1S/C19H13N3/c1-11-13-3-2-7-21-19(13)14-5-4-12-9-22-16-6-8-20-10-15(16)18(12)17(11)14/h2-11H,1H3. The van der Waals surface area contributed by atoms with E-state index in [1.165, 1.54) is 27.5 Å². The van der Waals surface area contributed by atoms with Crippen molar-refractivity contribution in [3.05, 3.63) is 66.2 Å². The molecule has 3 heterocycles. The Kier molecular flexibility index (Phi) is 2.20. The highest BCUT2D eigenvalue weighted by Crippen LogP contribution is 2.47. The van der Waals surface area contributed by atoms with E-state index >= 15 is 0 Å². The minimum absolute atomic E-state index is 0.341. The maximum Gasteiger partial charge on any atom is 0.0743 e. The average molecular weight is 283 g/mol. The van der Waals surface area contributed by atoms with Gasteiger partial charge in [0.25, 0.3) is 0 Å². The van der Waals surface area contributed by atoms with Gasteiger partial charge in [-0.2, -0.15) is 0 Å². The molecule has 3 nitrogen and oxygen atoms in total. The first-order valence-electron chi connectivity index (χ1n) is 7.45. The minimum Gasteiger partial charge on any atom is -0.264 e. The Bertz CT molecular complexity index is 1050. The van der Waals surface area contributed by atoms with Crippen molar-refractivity contribution >= 4 is 21.7 Å². The summed E-state index contributed by atoms with van der Waals surface area (Å²) in [5.41, 5.74) is 6.00. The van der Waals surface area contributed by atoms with E-state index in [2.05, 4.69) is 40.1 Å². The van der Waals surface area contributed by atoms with Crippen molar-refractivity contribution < 1.29 is 0 Å². The molecule has 104 valence electrons. The molecule has 3 aromatic heterocycles. The third-order valence-corrected chi connectivity index (χ3v) is 4.68. The fourth-order valence-corrected chi connectivity index (χ4v) is 3.68. The van der Waals surface area contributed by atoms with E-state index in [1.807, 2.05) is 30.7 Å². The molecule has 0 N–H and O–H groups in total. The van der Waals surface area contributed by atoms with Crippen molar-refractivity contribution in [1.82, 2.24) is 15.0 Å². The largest absolute Gasteiger partial charge is 0.264 e. The first kappa shape index (κ1) is 11.8. The van der Waals surface area contributed by atoms with Crippen LogP contribution in [0.4, 0.5) is 0 Å². The van der Waals surface area contributed by atoms with E-state index in [9.17, 15) is 0 Å². The molecule has 4 aromatic rings. The molecule has 1 aliphatic rings. The van der Waals surface area contributed by atoms with Crippen LogP contribution in [0.1, 0.15) is 24.0 Å². The van der Waals surface area contributed by atoms with Crippen LogP contribution in [0.5, 0.6) is 0 Å². The third kappa shape index (κ3) is 1.38. The van der Waals surface area contributed by atoms with Gasteiger partial charge in [-0.3, -0.25) is 15.0 Å². The Balaban J connectivity index is 2.00. The molecule has 0 amide bonds. The van der Waals surface area contributed by atoms with Gasteiger partial charge in [0, 0.05) is 47.0 Å². The first-order chi connectivity index (χ1) is 10.8. The fourth-order valence-electron chi connectivity index (χ4n) is 3.68. The number of rotatable bonds is 0. The molecule has 1 unspecified atom stereocenters. The van der Waals surface area contributed by atoms with Crippen molar-refractivity contribution in [3.63, 3.8) is 0 Å². The van der Waals surface area contributed by atoms with Crippen LogP contribution in [-0.2, 0) is 0 Å². The minimum atomic E-state index is 0.341. The molecule has 0 saturated carbocycles. The molecule has 0 radical (unpaired) electrons. The second-order valence-corrected chi connectivity index (χ2v) is 5.80. The van der Waals surface area contributed by atoms with Crippen molar-refractivity contribution in [3.8, 4) is 11.3 Å². The molecule has 22 heavy (non-hydrogen) atoms. The summed E-state index contributed by atoms with van der Waals surface area (Å²) in [5.74, 6) is 0.341. The number of hydrogen-bond donors (Lipinski definition) is 0. The maximum atomic E-state index is 4.61. The predicted octanol–water partition coefficient (Wildman–Crippen LogP) is 4.31. The Morgan fingerprint density at radius 1 is 0.955 bits per heavy atom. The van der Waals surface area contributed by atoms with E-state index in [0.717, 1.165) is 16.6 Å². The van der Waals surface area contributed by atoms with Gasteiger partial charge in [0.05, 0.1) is 11.2 Å². The molecule has 0 saturated heterocycles. The highest BCUT2D eigenvalue weighted by Gasteiger charge is 2.28. The van der Waals surface area contributed by atoms with E-state index in [0.29, 0.717) is 5.92 Å². The van der Waals surface area contributed by atoms with Gasteiger partial charge >= 0.3 is 0 Å². The fraction of sp³-hybridized carbons (Fsp3) is 0.105. The Morgan fingerprint density at radius 3 is 2.86 bits per heavy atom. The second-order valence-electron chi connectivity index (χ2n) is 5.80. The SMILES string of the molecule is CC1c2cccnc2-c2ccc3cnc4ccncc4c3c21. The number of fused-ring (bicyclic) bond motifs is 7. The third-order valence-electron chi connectivity index (χ3n) is 4.68. The Morgan fingerprint density at radius 2 is 1.91 bits per heavy atom. The molecule has 3 heteroatoms. The Hall–Kier alpha value is -2.81. The molecule has 1 aromatic carbocycles. The number of nitrogens with zero attached hydrogens (tertiary/aromatic N) is 3. The second kappa shape index (κ2) is 4.10. The number of pyridine rings is 3. The summed E-state index contributed by atoms with van der Waals surface area (Å²) in [4.78, 5) is 13.5. The predicted molar refractivity (Wildman–Crippen MR) is 87.8 cm³/mol. The van der Waals surface area contributed by atoms with Crippen molar-refractivity contribution in [2.75, 3.05) is 0 Å². The van der Waals surface area contributed by atoms with E-state index in [-0.39, 0.29) is 0 Å². The quantitative estimate of drug-likeness (QED) is 0.451. The summed E-state index contributed by atoms with van der Waals surface area (Å²) in [6.45, 7) is 2.26. The first-order valence-corrected chi connectivity index (χ1v) is 7.45. The molecule has 1 atom stereocenters. The molecule has 0 bridgehead atoms. The monoisotopic (exact) mass is 283 g/mol. The molecule has 0 spiro atoms. The summed E-state index contributed by atoms with van der Waals surface area (Å²) in [6, 6.07) is 10.5. The van der Waals surface area contributed by atoms with Gasteiger partial charge in [0.2, 0.25) is 0 Å². The average Bonchev–Trinajstić information content (AvgIpc) is 2.88. The van der Waals surface area contributed by atoms with E-state index in [4.69, 9.17) is 0 Å². The summed E-state index contributed by atoms with van der Waals surface area (Å²) >= 11 is 0. The number of hydrogen-bond acceptors (Lipinski definition) is 3. The highest BCUT2D eigenvalue weighted by atomic mass is 14.7. The van der Waals surface area contributed by atoms with Gasteiger partial charge < -0.3 is 0 Å². The van der Waals surface area contributed by atoms with Gasteiger partial charge in [-0.25, -0.2) is 0 Å². The van der Waals surface area contributed by atoms with Crippen molar-refractivity contribution in [2.24, 2.45) is 0 Å². The lowest BCUT2D eigenvalue weighted by atomic mass is 9.93. The molecular formula is C19H13N3. The van der Waals surface area contributed by atoms with Gasteiger partial charge in [-0.1, -0.05) is 25.1 Å². The summed E-state index contributed by atoms with van der Waals surface area (Å²) < 4.78 is 0. The zero-order valence-electron chi connectivity index (χ0n) is 12.1. The van der Waals surface area contributed by atoms with Crippen LogP contribution in [-0.4, -0.2) is 15.0 Å². The van der Waals surface area contributed by atoms with Crippen LogP contribution in [0.15, 0.2) is 55.1 Å². The highest BCUT2D eigenvalue weighted by molar-refractivity contribution is 6.10. The van der Waals surface area contributed by atoms with Crippen LogP contribution in [0, 0.1) is 0 Å². The Labute approximate surface area is 127 Å². The van der Waals surface area contributed by atoms with Crippen LogP contribution >= 0.6 is 0 Å². The zero-order valence-corrected chi connectivity index (χ0v) is 12.1. The summed E-state index contributed by atoms with van der Waals surface area (Å²) in [5, 5.41) is 3.55. The smallest absolute Gasteiger partial charge is 0.0743 e. The lowest BCUT2D eigenvalue weighted by molar-refractivity contribution is 0.962. The lowest BCUT2D eigenvalue weighted by Gasteiger charge is -2.12. The normalized spacial score (nSPS) is 16.0. The maximum absolute atomic E-state index is 4.61. The molecule has 0 fully saturated rings. The number of aromatic nitrogens is 3. The van der Waals surface area contributed by atoms with Crippen LogP contribution < -0.4 is 0 Å². The lowest BCUT2D eigenvalue weighted by Crippen LogP contribution is -1.93. The van der Waals surface area contributed by atoms with E-state index in [1.54, 1.807) is 6.20 Å². The van der Waals surface area contributed by atoms with Crippen molar-refractivity contribution in [2.45, 2.75) is 12.8 Å². The van der Waals surface area contributed by atoms with Crippen LogP contribution in [0.2, 0.25) is 0 Å². The molecule has 1 aliphatic carbocycles. The van der Waals surface area contributed by atoms with Gasteiger partial charge in [0.1, 0.15) is 0 Å².